The minimum atomic E-state index is -0.967. The summed E-state index contributed by atoms with van der Waals surface area (Å²) in [5.41, 5.74) is 0.582. The number of carbonyl (C=O) groups is 2. The van der Waals surface area contributed by atoms with Crippen molar-refractivity contribution in [3.05, 3.63) is 17.5 Å². The van der Waals surface area contributed by atoms with E-state index in [4.69, 9.17) is 9.63 Å². The third-order valence-electron chi connectivity index (χ3n) is 2.62. The standard InChI is InChI=1S/C10H12N2O4/c1-6-4-7(11-16-6)5-12-8(10(14)15)2-3-9(12)13/h4,8H,2-3,5H2,1H3,(H,14,15). The van der Waals surface area contributed by atoms with Crippen molar-refractivity contribution in [3.63, 3.8) is 0 Å². The number of hydrogen-bond acceptors (Lipinski definition) is 4. The molecule has 2 heterocycles. The Balaban J connectivity index is 2.12. The summed E-state index contributed by atoms with van der Waals surface area (Å²) in [6.45, 7) is 1.95. The van der Waals surface area contributed by atoms with Crippen LogP contribution in [-0.4, -0.2) is 33.1 Å². The van der Waals surface area contributed by atoms with Crippen LogP contribution in [-0.2, 0) is 16.1 Å². The molecule has 0 radical (unpaired) electrons. The van der Waals surface area contributed by atoms with Crippen LogP contribution in [0.15, 0.2) is 10.6 Å². The van der Waals surface area contributed by atoms with Gasteiger partial charge < -0.3 is 14.5 Å². The monoisotopic (exact) mass is 224 g/mol. The van der Waals surface area contributed by atoms with Crippen LogP contribution in [0.4, 0.5) is 0 Å². The second-order valence-electron chi connectivity index (χ2n) is 3.84. The Bertz CT molecular complexity index is 426. The Morgan fingerprint density at radius 3 is 3.06 bits per heavy atom. The van der Waals surface area contributed by atoms with Gasteiger partial charge in [-0.2, -0.15) is 0 Å². The fourth-order valence-corrected chi connectivity index (χ4v) is 1.86. The van der Waals surface area contributed by atoms with Crippen molar-refractivity contribution in [1.29, 1.82) is 0 Å². The second-order valence-corrected chi connectivity index (χ2v) is 3.84. The molecule has 1 aromatic rings. The zero-order chi connectivity index (χ0) is 11.7. The fraction of sp³-hybridized carbons (Fsp3) is 0.500. The Morgan fingerprint density at radius 2 is 2.50 bits per heavy atom. The smallest absolute Gasteiger partial charge is 0.326 e. The van der Waals surface area contributed by atoms with Gasteiger partial charge in [0.1, 0.15) is 17.5 Å². The maximum Gasteiger partial charge on any atom is 0.326 e. The van der Waals surface area contributed by atoms with Crippen LogP contribution in [0.1, 0.15) is 24.3 Å². The van der Waals surface area contributed by atoms with Gasteiger partial charge in [-0.25, -0.2) is 4.79 Å². The molecule has 1 amide bonds. The van der Waals surface area contributed by atoms with Crippen molar-refractivity contribution in [2.45, 2.75) is 32.4 Å². The number of nitrogens with zero attached hydrogens (tertiary/aromatic N) is 2. The number of aromatic nitrogens is 1. The summed E-state index contributed by atoms with van der Waals surface area (Å²) in [5, 5.41) is 12.7. The molecule has 2 rings (SSSR count). The van der Waals surface area contributed by atoms with E-state index in [9.17, 15) is 9.59 Å². The predicted octanol–water partition coefficient (Wildman–Crippen LogP) is 0.559. The number of carbonyl (C=O) groups excluding carboxylic acids is 1. The molecule has 86 valence electrons. The van der Waals surface area contributed by atoms with Gasteiger partial charge in [0.15, 0.2) is 0 Å². The largest absolute Gasteiger partial charge is 0.480 e. The van der Waals surface area contributed by atoms with Gasteiger partial charge in [-0.05, 0) is 13.3 Å². The third kappa shape index (κ3) is 1.91. The molecule has 6 heteroatoms. The van der Waals surface area contributed by atoms with E-state index in [1.807, 2.05) is 0 Å². The van der Waals surface area contributed by atoms with Crippen molar-refractivity contribution in [2.24, 2.45) is 0 Å². The first-order chi connectivity index (χ1) is 7.58. The third-order valence-corrected chi connectivity index (χ3v) is 2.62. The lowest BCUT2D eigenvalue weighted by Crippen LogP contribution is -2.37. The molecule has 0 aliphatic carbocycles. The minimum absolute atomic E-state index is 0.145. The minimum Gasteiger partial charge on any atom is -0.480 e. The van der Waals surface area contributed by atoms with Gasteiger partial charge in [0, 0.05) is 12.5 Å². The maximum atomic E-state index is 11.5. The SMILES string of the molecule is Cc1cc(CN2C(=O)CCC2C(=O)O)no1. The summed E-state index contributed by atoms with van der Waals surface area (Å²) < 4.78 is 4.87. The van der Waals surface area contributed by atoms with E-state index in [1.54, 1.807) is 13.0 Å². The molecule has 1 aromatic heterocycles. The molecule has 0 saturated carbocycles. The summed E-state index contributed by atoms with van der Waals surface area (Å²) in [6.07, 6.45) is 0.652. The molecule has 16 heavy (non-hydrogen) atoms. The zero-order valence-electron chi connectivity index (χ0n) is 8.84. The van der Waals surface area contributed by atoms with E-state index < -0.39 is 12.0 Å². The molecule has 1 saturated heterocycles. The molecule has 1 N–H and O–H groups in total. The van der Waals surface area contributed by atoms with Crippen molar-refractivity contribution < 1.29 is 19.2 Å². The Labute approximate surface area is 91.8 Å². The number of amides is 1. The van der Waals surface area contributed by atoms with Crippen molar-refractivity contribution >= 4 is 11.9 Å². The Hall–Kier alpha value is -1.85. The van der Waals surface area contributed by atoms with Gasteiger partial charge in [0.25, 0.3) is 0 Å². The van der Waals surface area contributed by atoms with Crippen LogP contribution >= 0.6 is 0 Å². The first kappa shape index (κ1) is 10.7. The average molecular weight is 224 g/mol. The van der Waals surface area contributed by atoms with Crippen LogP contribution in [0.5, 0.6) is 0 Å². The molecule has 0 aromatic carbocycles. The van der Waals surface area contributed by atoms with E-state index in [1.165, 1.54) is 4.90 Å². The van der Waals surface area contributed by atoms with Gasteiger partial charge in [0.2, 0.25) is 5.91 Å². The molecular weight excluding hydrogens is 212 g/mol. The molecule has 1 atom stereocenters. The van der Waals surface area contributed by atoms with Gasteiger partial charge in [-0.15, -0.1) is 0 Å². The molecule has 0 spiro atoms. The molecule has 6 nitrogen and oxygen atoms in total. The van der Waals surface area contributed by atoms with E-state index in [0.29, 0.717) is 17.9 Å². The van der Waals surface area contributed by atoms with Crippen LogP contribution in [0.2, 0.25) is 0 Å². The second kappa shape index (κ2) is 3.96. The fourth-order valence-electron chi connectivity index (χ4n) is 1.86. The Kier molecular flexibility index (Phi) is 2.64. The molecule has 0 bridgehead atoms. The van der Waals surface area contributed by atoms with Crippen molar-refractivity contribution in [1.82, 2.24) is 10.1 Å². The highest BCUT2D eigenvalue weighted by atomic mass is 16.5. The highest BCUT2D eigenvalue weighted by Crippen LogP contribution is 2.21. The summed E-state index contributed by atoms with van der Waals surface area (Å²) in [6, 6.07) is 0.967. The number of hydrogen-bond donors (Lipinski definition) is 1. The van der Waals surface area contributed by atoms with E-state index >= 15 is 0 Å². The average Bonchev–Trinajstić information content (AvgIpc) is 2.76. The van der Waals surface area contributed by atoms with Gasteiger partial charge >= 0.3 is 5.97 Å². The number of likely N-dealkylation sites (tertiary alicyclic amines) is 1. The summed E-state index contributed by atoms with van der Waals surface area (Å²) in [4.78, 5) is 23.8. The van der Waals surface area contributed by atoms with Gasteiger partial charge in [0.05, 0.1) is 6.54 Å². The van der Waals surface area contributed by atoms with E-state index in [-0.39, 0.29) is 18.9 Å². The lowest BCUT2D eigenvalue weighted by atomic mass is 10.2. The number of rotatable bonds is 3. The number of carboxylic acids is 1. The van der Waals surface area contributed by atoms with Gasteiger partial charge in [-0.1, -0.05) is 5.16 Å². The zero-order valence-corrected chi connectivity index (χ0v) is 8.84. The van der Waals surface area contributed by atoms with Crippen molar-refractivity contribution in [2.75, 3.05) is 0 Å². The topological polar surface area (TPSA) is 83.6 Å². The van der Waals surface area contributed by atoms with Crippen LogP contribution in [0.3, 0.4) is 0 Å². The quantitative estimate of drug-likeness (QED) is 0.810. The van der Waals surface area contributed by atoms with E-state index in [0.717, 1.165) is 0 Å². The van der Waals surface area contributed by atoms with Crippen LogP contribution < -0.4 is 0 Å². The molecule has 1 aliphatic heterocycles. The van der Waals surface area contributed by atoms with Gasteiger partial charge in [-0.3, -0.25) is 4.79 Å². The lowest BCUT2D eigenvalue weighted by Gasteiger charge is -2.19. The Morgan fingerprint density at radius 1 is 1.75 bits per heavy atom. The molecular formula is C10H12N2O4. The first-order valence-electron chi connectivity index (χ1n) is 5.02. The molecule has 1 unspecified atom stereocenters. The van der Waals surface area contributed by atoms with Crippen LogP contribution in [0.25, 0.3) is 0 Å². The normalized spacial score (nSPS) is 20.4. The summed E-state index contributed by atoms with van der Waals surface area (Å²) in [5.74, 6) is -0.465. The first-order valence-corrected chi connectivity index (χ1v) is 5.02. The molecule has 1 fully saturated rings. The number of aryl methyl sites for hydroxylation is 1. The van der Waals surface area contributed by atoms with Crippen molar-refractivity contribution in [3.8, 4) is 0 Å². The predicted molar refractivity (Wildman–Crippen MR) is 52.4 cm³/mol. The lowest BCUT2D eigenvalue weighted by molar-refractivity contribution is -0.146. The summed E-state index contributed by atoms with van der Waals surface area (Å²) in [7, 11) is 0. The number of carboxylic acid groups (broad SMARTS) is 1. The van der Waals surface area contributed by atoms with Crippen LogP contribution in [0, 0.1) is 6.92 Å². The highest BCUT2D eigenvalue weighted by molar-refractivity contribution is 5.87. The maximum absolute atomic E-state index is 11.5. The number of aliphatic carboxylic acids is 1. The molecule has 1 aliphatic rings. The highest BCUT2D eigenvalue weighted by Gasteiger charge is 2.36. The summed E-state index contributed by atoms with van der Waals surface area (Å²) >= 11 is 0. The van der Waals surface area contributed by atoms with E-state index in [2.05, 4.69) is 5.16 Å².